The Bertz CT molecular complexity index is 1180. The number of amides is 1. The van der Waals surface area contributed by atoms with Gasteiger partial charge in [0.05, 0.1) is 23.4 Å². The van der Waals surface area contributed by atoms with Gasteiger partial charge in [0.25, 0.3) is 5.91 Å². The molecular weight excluding hydrogens is 445 g/mol. The molecule has 1 aliphatic heterocycles. The number of nitriles is 1. The maximum Gasteiger partial charge on any atom is 0.266 e. The molecular formula is C25H25Cl2N3O2. The molecule has 0 bridgehead atoms. The van der Waals surface area contributed by atoms with Crippen molar-refractivity contribution in [1.82, 2.24) is 0 Å². The highest BCUT2D eigenvalue weighted by atomic mass is 35.5. The molecule has 2 aromatic rings. The van der Waals surface area contributed by atoms with Crippen LogP contribution in [0, 0.1) is 11.3 Å². The average molecular weight is 470 g/mol. The normalized spacial score (nSPS) is 14.9. The number of carbonyl (C=O) groups is 1. The molecule has 0 aliphatic carbocycles. The van der Waals surface area contributed by atoms with Crippen LogP contribution in [0.25, 0.3) is 11.6 Å². The number of nitrogens with one attached hydrogen (secondary N) is 1. The standard InChI is InChI=1S/C25H25Cl2N3O2/c1-6-30-22-12-23(32-5)16(10-19(22)15(2)13-25(30,3)4)9-17(14-28)24(31)29-21-8-7-18(26)11-20(21)27/h7-13H,6H2,1-5H3,(H,29,31)/b17-9+. The molecule has 32 heavy (non-hydrogen) atoms. The van der Waals surface area contributed by atoms with Crippen molar-refractivity contribution in [3.63, 3.8) is 0 Å². The Morgan fingerprint density at radius 3 is 2.59 bits per heavy atom. The van der Waals surface area contributed by atoms with Gasteiger partial charge in [-0.1, -0.05) is 29.3 Å². The van der Waals surface area contributed by atoms with E-state index in [-0.39, 0.29) is 16.1 Å². The molecule has 0 atom stereocenters. The second kappa shape index (κ2) is 9.28. The largest absolute Gasteiger partial charge is 0.496 e. The number of anilines is 2. The third-order valence-electron chi connectivity index (χ3n) is 5.49. The van der Waals surface area contributed by atoms with Crippen LogP contribution in [0.2, 0.25) is 10.0 Å². The maximum atomic E-state index is 12.8. The summed E-state index contributed by atoms with van der Waals surface area (Å²) in [4.78, 5) is 15.1. The summed E-state index contributed by atoms with van der Waals surface area (Å²) in [5.41, 5.74) is 4.04. The van der Waals surface area contributed by atoms with E-state index in [1.807, 2.05) is 18.2 Å². The number of carbonyl (C=O) groups excluding carboxylic acids is 1. The van der Waals surface area contributed by atoms with Crippen LogP contribution in [0.1, 0.15) is 38.8 Å². The van der Waals surface area contributed by atoms with Crippen LogP contribution in [0.4, 0.5) is 11.4 Å². The summed E-state index contributed by atoms with van der Waals surface area (Å²) in [5, 5.41) is 13.1. The number of ether oxygens (including phenoxy) is 1. The van der Waals surface area contributed by atoms with Crippen molar-refractivity contribution in [3.8, 4) is 11.8 Å². The molecule has 0 fully saturated rings. The van der Waals surface area contributed by atoms with Gasteiger partial charge in [0.15, 0.2) is 0 Å². The Hall–Kier alpha value is -2.94. The number of hydrogen-bond donors (Lipinski definition) is 1. The fourth-order valence-corrected chi connectivity index (χ4v) is 4.53. The van der Waals surface area contributed by atoms with Gasteiger partial charge in [-0.2, -0.15) is 5.26 Å². The van der Waals surface area contributed by atoms with Crippen molar-refractivity contribution in [2.24, 2.45) is 0 Å². The first-order valence-electron chi connectivity index (χ1n) is 10.2. The molecule has 0 saturated carbocycles. The lowest BCUT2D eigenvalue weighted by atomic mass is 9.87. The first kappa shape index (κ1) is 23.7. The summed E-state index contributed by atoms with van der Waals surface area (Å²) < 4.78 is 5.62. The van der Waals surface area contributed by atoms with Crippen molar-refractivity contribution in [2.75, 3.05) is 23.9 Å². The Labute approximate surface area is 198 Å². The minimum atomic E-state index is -0.569. The molecule has 5 nitrogen and oxygen atoms in total. The van der Waals surface area contributed by atoms with Crippen LogP contribution in [0.5, 0.6) is 5.75 Å². The number of methoxy groups -OCH3 is 1. The predicted octanol–water partition coefficient (Wildman–Crippen LogP) is 6.57. The minimum Gasteiger partial charge on any atom is -0.496 e. The lowest BCUT2D eigenvalue weighted by Crippen LogP contribution is -2.44. The molecule has 1 aliphatic rings. The molecule has 1 amide bonds. The molecule has 166 valence electrons. The lowest BCUT2D eigenvalue weighted by Gasteiger charge is -2.43. The minimum absolute atomic E-state index is 0.0700. The van der Waals surface area contributed by atoms with Gasteiger partial charge in [-0.25, -0.2) is 0 Å². The highest BCUT2D eigenvalue weighted by Gasteiger charge is 2.31. The van der Waals surface area contributed by atoms with Gasteiger partial charge in [-0.05, 0) is 63.6 Å². The second-order valence-corrected chi connectivity index (χ2v) is 8.93. The van der Waals surface area contributed by atoms with Crippen LogP contribution in [-0.4, -0.2) is 25.1 Å². The van der Waals surface area contributed by atoms with Crippen LogP contribution in [0.15, 0.2) is 42.0 Å². The molecule has 0 saturated heterocycles. The van der Waals surface area contributed by atoms with Crippen molar-refractivity contribution < 1.29 is 9.53 Å². The van der Waals surface area contributed by atoms with E-state index < -0.39 is 5.91 Å². The fourth-order valence-electron chi connectivity index (χ4n) is 4.07. The van der Waals surface area contributed by atoms with Crippen LogP contribution >= 0.6 is 23.2 Å². The van der Waals surface area contributed by atoms with Crippen LogP contribution in [-0.2, 0) is 4.79 Å². The summed E-state index contributed by atoms with van der Waals surface area (Å²) in [6.07, 6.45) is 3.75. The Kier molecular flexibility index (Phi) is 6.88. The van der Waals surface area contributed by atoms with E-state index in [9.17, 15) is 10.1 Å². The molecule has 1 heterocycles. The molecule has 0 radical (unpaired) electrons. The number of rotatable bonds is 5. The third-order valence-corrected chi connectivity index (χ3v) is 6.04. The van der Waals surface area contributed by atoms with Gasteiger partial charge in [0.1, 0.15) is 17.4 Å². The van der Waals surface area contributed by atoms with E-state index in [1.54, 1.807) is 19.2 Å². The summed E-state index contributed by atoms with van der Waals surface area (Å²) in [6, 6.07) is 10.6. The predicted molar refractivity (Wildman–Crippen MR) is 132 cm³/mol. The van der Waals surface area contributed by atoms with Gasteiger partial charge >= 0.3 is 0 Å². The van der Waals surface area contributed by atoms with Gasteiger partial charge in [0, 0.05) is 34.4 Å². The summed E-state index contributed by atoms with van der Waals surface area (Å²) in [6.45, 7) is 9.34. The van der Waals surface area contributed by atoms with Crippen LogP contribution < -0.4 is 15.0 Å². The van der Waals surface area contributed by atoms with E-state index in [2.05, 4.69) is 44.0 Å². The number of nitrogens with zero attached hydrogens (tertiary/aromatic N) is 2. The quantitative estimate of drug-likeness (QED) is 0.397. The molecule has 2 aromatic carbocycles. The first-order valence-corrected chi connectivity index (χ1v) is 10.9. The number of allylic oxidation sites excluding steroid dienone is 1. The summed E-state index contributed by atoms with van der Waals surface area (Å²) in [5.74, 6) is 0.0119. The molecule has 3 rings (SSSR count). The van der Waals surface area contributed by atoms with Gasteiger partial charge in [-0.3, -0.25) is 4.79 Å². The summed E-state index contributed by atoms with van der Waals surface area (Å²) in [7, 11) is 1.58. The van der Waals surface area contributed by atoms with Crippen LogP contribution in [0.3, 0.4) is 0 Å². The van der Waals surface area contributed by atoms with Crippen molar-refractivity contribution >= 4 is 52.1 Å². The number of fused-ring (bicyclic) bond motifs is 1. The highest BCUT2D eigenvalue weighted by Crippen LogP contribution is 2.42. The van der Waals surface area contributed by atoms with E-state index in [1.165, 1.54) is 12.1 Å². The monoisotopic (exact) mass is 469 g/mol. The smallest absolute Gasteiger partial charge is 0.266 e. The molecule has 1 N–H and O–H groups in total. The number of likely N-dealkylation sites (N-methyl/N-ethyl adjacent to an activating group) is 1. The zero-order valence-corrected chi connectivity index (χ0v) is 20.2. The zero-order valence-electron chi connectivity index (χ0n) is 18.7. The van der Waals surface area contributed by atoms with E-state index >= 15 is 0 Å². The fraction of sp³-hybridized carbons (Fsp3) is 0.280. The Morgan fingerprint density at radius 1 is 1.28 bits per heavy atom. The molecule has 7 heteroatoms. The van der Waals surface area contributed by atoms with Crippen molar-refractivity contribution in [3.05, 3.63) is 63.2 Å². The topological polar surface area (TPSA) is 65.4 Å². The SMILES string of the molecule is CCN1c2cc(OC)c(/C=C(\C#N)C(=O)Nc3ccc(Cl)cc3Cl)cc2C(C)=CC1(C)C. The molecule has 0 aromatic heterocycles. The number of benzene rings is 2. The van der Waals surface area contributed by atoms with Crippen molar-refractivity contribution in [1.29, 1.82) is 5.26 Å². The van der Waals surface area contributed by atoms with E-state index in [0.717, 1.165) is 23.4 Å². The Balaban J connectivity index is 2.04. The molecule has 0 unspecified atom stereocenters. The highest BCUT2D eigenvalue weighted by molar-refractivity contribution is 6.37. The third kappa shape index (κ3) is 4.62. The van der Waals surface area contributed by atoms with E-state index in [4.69, 9.17) is 27.9 Å². The Morgan fingerprint density at radius 2 is 2.00 bits per heavy atom. The van der Waals surface area contributed by atoms with E-state index in [0.29, 0.717) is 22.0 Å². The summed E-state index contributed by atoms with van der Waals surface area (Å²) >= 11 is 12.1. The number of halogens is 2. The van der Waals surface area contributed by atoms with Gasteiger partial charge < -0.3 is 15.0 Å². The zero-order chi connectivity index (χ0) is 23.6. The van der Waals surface area contributed by atoms with Crippen molar-refractivity contribution in [2.45, 2.75) is 33.2 Å². The number of hydrogen-bond acceptors (Lipinski definition) is 4. The first-order chi connectivity index (χ1) is 15.1. The van der Waals surface area contributed by atoms with Gasteiger partial charge in [0.2, 0.25) is 0 Å². The lowest BCUT2D eigenvalue weighted by molar-refractivity contribution is -0.112. The second-order valence-electron chi connectivity index (χ2n) is 8.08. The van der Waals surface area contributed by atoms with Gasteiger partial charge in [-0.15, -0.1) is 0 Å². The molecule has 0 spiro atoms. The average Bonchev–Trinajstić information content (AvgIpc) is 2.73. The maximum absolute atomic E-state index is 12.8.